The summed E-state index contributed by atoms with van der Waals surface area (Å²) in [6.45, 7) is 6.13. The van der Waals surface area contributed by atoms with Crippen molar-refractivity contribution in [2.24, 2.45) is 5.92 Å². The molecule has 0 saturated heterocycles. The van der Waals surface area contributed by atoms with Crippen LogP contribution in [0.3, 0.4) is 0 Å². The minimum Gasteiger partial charge on any atom is -0.459 e. The van der Waals surface area contributed by atoms with Gasteiger partial charge in [0.25, 0.3) is 5.91 Å². The first kappa shape index (κ1) is 13.3. The van der Waals surface area contributed by atoms with Crippen LogP contribution in [0.5, 0.6) is 0 Å². The molecule has 1 atom stereocenters. The highest BCUT2D eigenvalue weighted by molar-refractivity contribution is 5.95. The van der Waals surface area contributed by atoms with Crippen LogP contribution in [0.25, 0.3) is 0 Å². The van der Waals surface area contributed by atoms with Crippen LogP contribution in [0.15, 0.2) is 22.8 Å². The molecule has 1 rings (SSSR count). The summed E-state index contributed by atoms with van der Waals surface area (Å²) in [7, 11) is 0. The fraction of sp³-hybridized carbons (Fsp3) is 0.500. The van der Waals surface area contributed by atoms with Crippen molar-refractivity contribution in [2.75, 3.05) is 6.54 Å². The van der Waals surface area contributed by atoms with E-state index in [1.165, 1.54) is 6.26 Å². The molecule has 1 aromatic heterocycles. The van der Waals surface area contributed by atoms with Crippen molar-refractivity contribution in [1.29, 1.82) is 0 Å². The van der Waals surface area contributed by atoms with Crippen LogP contribution in [-0.4, -0.2) is 24.4 Å². The molecule has 1 aromatic rings. The first-order valence-electron chi connectivity index (χ1n) is 5.68. The van der Waals surface area contributed by atoms with Gasteiger partial charge in [0.2, 0.25) is 5.91 Å². The Kier molecular flexibility index (Phi) is 4.75. The lowest BCUT2D eigenvalue weighted by Gasteiger charge is -2.20. The normalized spacial score (nSPS) is 12.2. The molecule has 1 unspecified atom stereocenters. The predicted octanol–water partition coefficient (Wildman–Crippen LogP) is 1.17. The van der Waals surface area contributed by atoms with E-state index in [1.807, 2.05) is 20.8 Å². The maximum atomic E-state index is 11.7. The Balaban J connectivity index is 2.67. The Hall–Kier alpha value is -1.78. The second-order valence-electron chi connectivity index (χ2n) is 4.07. The number of hydrogen-bond acceptors (Lipinski definition) is 3. The molecule has 0 aliphatic carbocycles. The number of hydrogen-bond donors (Lipinski definition) is 2. The third-order valence-corrected chi connectivity index (χ3v) is 2.33. The molecule has 0 bridgehead atoms. The second-order valence-corrected chi connectivity index (χ2v) is 4.07. The van der Waals surface area contributed by atoms with Crippen molar-refractivity contribution >= 4 is 11.8 Å². The van der Waals surface area contributed by atoms with Crippen LogP contribution in [0.2, 0.25) is 0 Å². The van der Waals surface area contributed by atoms with Gasteiger partial charge in [-0.05, 0) is 25.0 Å². The van der Waals surface area contributed by atoms with E-state index in [0.717, 1.165) is 0 Å². The number of amides is 2. The van der Waals surface area contributed by atoms with Crippen LogP contribution in [0.1, 0.15) is 31.3 Å². The first-order valence-corrected chi connectivity index (χ1v) is 5.68. The highest BCUT2D eigenvalue weighted by Crippen LogP contribution is 2.05. The van der Waals surface area contributed by atoms with Crippen LogP contribution in [0, 0.1) is 5.92 Å². The van der Waals surface area contributed by atoms with Crippen molar-refractivity contribution in [3.05, 3.63) is 24.2 Å². The zero-order valence-corrected chi connectivity index (χ0v) is 10.3. The van der Waals surface area contributed by atoms with Crippen molar-refractivity contribution in [1.82, 2.24) is 10.6 Å². The fourth-order valence-corrected chi connectivity index (χ4v) is 1.44. The van der Waals surface area contributed by atoms with E-state index in [-0.39, 0.29) is 23.5 Å². The predicted molar refractivity (Wildman–Crippen MR) is 63.5 cm³/mol. The van der Waals surface area contributed by atoms with Crippen molar-refractivity contribution in [3.8, 4) is 0 Å². The molecule has 5 nitrogen and oxygen atoms in total. The summed E-state index contributed by atoms with van der Waals surface area (Å²) in [5.41, 5.74) is 0. The van der Waals surface area contributed by atoms with Crippen molar-refractivity contribution < 1.29 is 14.0 Å². The molecule has 0 aliphatic rings. The van der Waals surface area contributed by atoms with Gasteiger partial charge >= 0.3 is 0 Å². The monoisotopic (exact) mass is 238 g/mol. The van der Waals surface area contributed by atoms with Crippen LogP contribution in [0.4, 0.5) is 0 Å². The summed E-state index contributed by atoms with van der Waals surface area (Å²) in [6.07, 6.45) is 1.42. The molecule has 0 aromatic carbocycles. The average Bonchev–Trinajstić information content (AvgIpc) is 2.78. The first-order chi connectivity index (χ1) is 8.06. The largest absolute Gasteiger partial charge is 0.459 e. The summed E-state index contributed by atoms with van der Waals surface area (Å²) >= 11 is 0. The Morgan fingerprint density at radius 1 is 1.41 bits per heavy atom. The highest BCUT2D eigenvalue weighted by Gasteiger charge is 2.24. The molecule has 1 heterocycles. The van der Waals surface area contributed by atoms with Crippen LogP contribution >= 0.6 is 0 Å². The van der Waals surface area contributed by atoms with Gasteiger partial charge in [-0.3, -0.25) is 9.59 Å². The molecule has 17 heavy (non-hydrogen) atoms. The molecule has 0 radical (unpaired) electrons. The van der Waals surface area contributed by atoms with Gasteiger partial charge in [0.1, 0.15) is 6.04 Å². The molecule has 5 heteroatoms. The van der Waals surface area contributed by atoms with Gasteiger partial charge in [-0.2, -0.15) is 0 Å². The van der Waals surface area contributed by atoms with Gasteiger partial charge in [0, 0.05) is 6.54 Å². The number of carbonyl (C=O) groups is 2. The molecular formula is C12H18N2O3. The molecule has 94 valence electrons. The van der Waals surface area contributed by atoms with E-state index in [4.69, 9.17) is 4.42 Å². The molecule has 0 spiro atoms. The topological polar surface area (TPSA) is 71.3 Å². The minimum atomic E-state index is -0.549. The number of likely N-dealkylation sites (N-methyl/N-ethyl adjacent to an activating group) is 1. The molecule has 0 saturated carbocycles. The Labute approximate surface area is 101 Å². The van der Waals surface area contributed by atoms with E-state index in [2.05, 4.69) is 10.6 Å². The highest BCUT2D eigenvalue weighted by atomic mass is 16.3. The molecule has 0 fully saturated rings. The van der Waals surface area contributed by atoms with Crippen molar-refractivity contribution in [3.63, 3.8) is 0 Å². The molecular weight excluding hydrogens is 220 g/mol. The Bertz CT molecular complexity index is 371. The summed E-state index contributed by atoms with van der Waals surface area (Å²) in [4.78, 5) is 23.5. The summed E-state index contributed by atoms with van der Waals surface area (Å²) in [5.74, 6) is -0.331. The molecule has 0 aliphatic heterocycles. The smallest absolute Gasteiger partial charge is 0.287 e. The number of carbonyl (C=O) groups excluding carboxylic acids is 2. The van der Waals surface area contributed by atoms with Crippen LogP contribution in [-0.2, 0) is 4.79 Å². The van der Waals surface area contributed by atoms with E-state index < -0.39 is 6.04 Å². The van der Waals surface area contributed by atoms with Gasteiger partial charge in [0.05, 0.1) is 6.26 Å². The lowest BCUT2D eigenvalue weighted by atomic mass is 10.0. The van der Waals surface area contributed by atoms with E-state index >= 15 is 0 Å². The maximum absolute atomic E-state index is 11.7. The second kappa shape index (κ2) is 6.08. The Morgan fingerprint density at radius 3 is 2.59 bits per heavy atom. The van der Waals surface area contributed by atoms with Gasteiger partial charge in [-0.15, -0.1) is 0 Å². The third kappa shape index (κ3) is 3.62. The standard InChI is InChI=1S/C12H18N2O3/c1-4-13-12(16)10(8(2)3)14-11(15)9-6-5-7-17-9/h5-8,10H,4H2,1-3H3,(H,13,16)(H,14,15). The SMILES string of the molecule is CCNC(=O)C(NC(=O)c1ccco1)C(C)C. The van der Waals surface area contributed by atoms with E-state index in [1.54, 1.807) is 12.1 Å². The van der Waals surface area contributed by atoms with Gasteiger partial charge in [-0.1, -0.05) is 13.8 Å². The third-order valence-electron chi connectivity index (χ3n) is 2.33. The lowest BCUT2D eigenvalue weighted by Crippen LogP contribution is -2.49. The molecule has 2 N–H and O–H groups in total. The van der Waals surface area contributed by atoms with E-state index in [0.29, 0.717) is 6.54 Å². The summed E-state index contributed by atoms with van der Waals surface area (Å²) < 4.78 is 4.97. The average molecular weight is 238 g/mol. The van der Waals surface area contributed by atoms with Gasteiger partial charge in [-0.25, -0.2) is 0 Å². The minimum absolute atomic E-state index is 0.0143. The zero-order valence-electron chi connectivity index (χ0n) is 10.3. The Morgan fingerprint density at radius 2 is 2.12 bits per heavy atom. The number of rotatable bonds is 5. The quantitative estimate of drug-likeness (QED) is 0.809. The van der Waals surface area contributed by atoms with E-state index in [9.17, 15) is 9.59 Å². The summed E-state index contributed by atoms with van der Waals surface area (Å²) in [6, 6.07) is 2.64. The van der Waals surface area contributed by atoms with Gasteiger partial charge in [0.15, 0.2) is 5.76 Å². The lowest BCUT2D eigenvalue weighted by molar-refractivity contribution is -0.123. The maximum Gasteiger partial charge on any atom is 0.287 e. The van der Waals surface area contributed by atoms with Crippen molar-refractivity contribution in [2.45, 2.75) is 26.8 Å². The summed E-state index contributed by atoms with van der Waals surface area (Å²) in [5, 5.41) is 5.35. The zero-order chi connectivity index (χ0) is 12.8. The van der Waals surface area contributed by atoms with Gasteiger partial charge < -0.3 is 15.1 Å². The molecule has 2 amide bonds. The van der Waals surface area contributed by atoms with Crippen LogP contribution < -0.4 is 10.6 Å². The number of nitrogens with one attached hydrogen (secondary N) is 2. The fourth-order valence-electron chi connectivity index (χ4n) is 1.44. The number of furan rings is 1.